The third kappa shape index (κ3) is 5.85. The summed E-state index contributed by atoms with van der Waals surface area (Å²) in [6.45, 7) is 13.4. The molecule has 29 heavy (non-hydrogen) atoms. The van der Waals surface area contributed by atoms with Crippen LogP contribution in [0.1, 0.15) is 31.2 Å². The van der Waals surface area contributed by atoms with E-state index in [9.17, 15) is 0 Å². The van der Waals surface area contributed by atoms with Crippen molar-refractivity contribution in [1.29, 1.82) is 0 Å². The van der Waals surface area contributed by atoms with Crippen LogP contribution in [-0.2, 0) is 17.7 Å². The molecule has 0 saturated carbocycles. The Labute approximate surface area is 173 Å². The van der Waals surface area contributed by atoms with E-state index < -0.39 is 0 Å². The Kier molecular flexibility index (Phi) is 6.92. The minimum atomic E-state index is 0.328. The van der Waals surface area contributed by atoms with Gasteiger partial charge in [0, 0.05) is 51.9 Å². The molecule has 158 valence electrons. The zero-order valence-corrected chi connectivity index (χ0v) is 17.7. The third-order valence-corrected chi connectivity index (χ3v) is 5.89. The molecule has 0 N–H and O–H groups in total. The molecule has 2 saturated heterocycles. The first-order valence-electron chi connectivity index (χ1n) is 10.8. The van der Waals surface area contributed by atoms with Gasteiger partial charge in [0.15, 0.2) is 0 Å². The fourth-order valence-corrected chi connectivity index (χ4v) is 4.13. The second-order valence-electron chi connectivity index (χ2n) is 8.41. The van der Waals surface area contributed by atoms with E-state index in [-0.39, 0.29) is 0 Å². The van der Waals surface area contributed by atoms with Crippen molar-refractivity contribution >= 4 is 0 Å². The number of piperazine rings is 1. The first-order valence-corrected chi connectivity index (χ1v) is 10.8. The van der Waals surface area contributed by atoms with Crippen molar-refractivity contribution in [3.05, 3.63) is 47.7 Å². The number of ether oxygens (including phenoxy) is 1. The number of hydrogen-bond donors (Lipinski definition) is 0. The standard InChI is InChI=1S/C22H33N5O2/c1-18(2)27-12-13-28-20(16-27)15-25-8-10-26(11-9-25)17-22-24-23-21(29-22)14-19-6-4-3-5-7-19/h3-7,18,20H,8-17H2,1-2H3. The first-order chi connectivity index (χ1) is 14.2. The Morgan fingerprint density at radius 2 is 1.69 bits per heavy atom. The van der Waals surface area contributed by atoms with E-state index >= 15 is 0 Å². The van der Waals surface area contributed by atoms with E-state index in [0.717, 1.165) is 59.0 Å². The molecule has 2 fully saturated rings. The largest absolute Gasteiger partial charge is 0.424 e. The molecule has 2 aliphatic heterocycles. The molecule has 2 aromatic rings. The summed E-state index contributed by atoms with van der Waals surface area (Å²) in [6, 6.07) is 10.8. The Hall–Kier alpha value is -1.80. The Morgan fingerprint density at radius 1 is 0.966 bits per heavy atom. The number of rotatable bonds is 7. The molecule has 3 heterocycles. The summed E-state index contributed by atoms with van der Waals surface area (Å²) in [6.07, 6.45) is 1.02. The third-order valence-electron chi connectivity index (χ3n) is 5.89. The van der Waals surface area contributed by atoms with Crippen LogP contribution in [-0.4, -0.2) is 89.5 Å². The molecule has 0 radical (unpaired) electrons. The zero-order chi connectivity index (χ0) is 20.1. The first kappa shape index (κ1) is 20.5. The van der Waals surface area contributed by atoms with Crippen molar-refractivity contribution in [2.45, 2.75) is 39.0 Å². The van der Waals surface area contributed by atoms with Crippen molar-refractivity contribution in [2.75, 3.05) is 52.4 Å². The smallest absolute Gasteiger partial charge is 0.230 e. The lowest BCUT2D eigenvalue weighted by molar-refractivity contribution is -0.0567. The van der Waals surface area contributed by atoms with E-state index in [1.807, 2.05) is 18.2 Å². The fraction of sp³-hybridized carbons (Fsp3) is 0.636. The highest BCUT2D eigenvalue weighted by molar-refractivity contribution is 5.17. The zero-order valence-electron chi connectivity index (χ0n) is 17.7. The Morgan fingerprint density at radius 3 is 2.45 bits per heavy atom. The van der Waals surface area contributed by atoms with Crippen LogP contribution in [0.15, 0.2) is 34.7 Å². The molecule has 0 spiro atoms. The fourth-order valence-electron chi connectivity index (χ4n) is 4.13. The molecular weight excluding hydrogens is 366 g/mol. The molecule has 0 bridgehead atoms. The molecular formula is C22H33N5O2. The topological polar surface area (TPSA) is 57.9 Å². The maximum atomic E-state index is 6.00. The van der Waals surface area contributed by atoms with Crippen molar-refractivity contribution in [1.82, 2.24) is 24.9 Å². The number of aromatic nitrogens is 2. The maximum absolute atomic E-state index is 6.00. The average Bonchev–Trinajstić information content (AvgIpc) is 3.17. The van der Waals surface area contributed by atoms with E-state index in [4.69, 9.17) is 9.15 Å². The van der Waals surface area contributed by atoms with E-state index in [1.54, 1.807) is 0 Å². The van der Waals surface area contributed by atoms with Gasteiger partial charge in [0.05, 0.1) is 25.7 Å². The highest BCUT2D eigenvalue weighted by Crippen LogP contribution is 2.14. The molecule has 2 aliphatic rings. The molecule has 7 nitrogen and oxygen atoms in total. The lowest BCUT2D eigenvalue weighted by atomic mass is 10.2. The molecule has 0 amide bonds. The SMILES string of the molecule is CC(C)N1CCOC(CN2CCN(Cc3nnc(Cc4ccccc4)o3)CC2)C1. The van der Waals surface area contributed by atoms with Crippen LogP contribution < -0.4 is 0 Å². The van der Waals surface area contributed by atoms with E-state index in [0.29, 0.717) is 30.3 Å². The maximum Gasteiger partial charge on any atom is 0.230 e. The normalized spacial score (nSPS) is 22.4. The molecule has 1 aromatic carbocycles. The summed E-state index contributed by atoms with van der Waals surface area (Å²) < 4.78 is 11.9. The van der Waals surface area contributed by atoms with Gasteiger partial charge in [-0.25, -0.2) is 0 Å². The van der Waals surface area contributed by atoms with Gasteiger partial charge in [-0.1, -0.05) is 30.3 Å². The molecule has 0 aliphatic carbocycles. The van der Waals surface area contributed by atoms with E-state index in [1.165, 1.54) is 5.56 Å². The Bertz CT molecular complexity index is 743. The minimum Gasteiger partial charge on any atom is -0.424 e. The molecule has 7 heteroatoms. The summed E-state index contributed by atoms with van der Waals surface area (Å²) in [5, 5.41) is 8.46. The van der Waals surface area contributed by atoms with Crippen LogP contribution in [0.5, 0.6) is 0 Å². The second-order valence-corrected chi connectivity index (χ2v) is 8.41. The van der Waals surface area contributed by atoms with Crippen molar-refractivity contribution in [2.24, 2.45) is 0 Å². The van der Waals surface area contributed by atoms with Gasteiger partial charge in [-0.15, -0.1) is 10.2 Å². The van der Waals surface area contributed by atoms with Gasteiger partial charge in [-0.2, -0.15) is 0 Å². The van der Waals surface area contributed by atoms with E-state index in [2.05, 4.69) is 50.9 Å². The number of benzene rings is 1. The number of hydrogen-bond acceptors (Lipinski definition) is 7. The molecule has 4 rings (SSSR count). The lowest BCUT2D eigenvalue weighted by Gasteiger charge is -2.40. The van der Waals surface area contributed by atoms with Crippen LogP contribution in [0, 0.1) is 0 Å². The van der Waals surface area contributed by atoms with Gasteiger partial charge < -0.3 is 9.15 Å². The van der Waals surface area contributed by atoms with Gasteiger partial charge in [-0.05, 0) is 19.4 Å². The van der Waals surface area contributed by atoms with Crippen molar-refractivity contribution in [3.63, 3.8) is 0 Å². The number of morpholine rings is 1. The Balaban J connectivity index is 1.20. The van der Waals surface area contributed by atoms with Crippen LogP contribution in [0.25, 0.3) is 0 Å². The van der Waals surface area contributed by atoms with Gasteiger partial charge in [0.1, 0.15) is 0 Å². The van der Waals surface area contributed by atoms with Crippen LogP contribution in [0.2, 0.25) is 0 Å². The summed E-state index contributed by atoms with van der Waals surface area (Å²) in [7, 11) is 0. The van der Waals surface area contributed by atoms with Gasteiger partial charge in [0.2, 0.25) is 11.8 Å². The monoisotopic (exact) mass is 399 g/mol. The van der Waals surface area contributed by atoms with Crippen LogP contribution in [0.3, 0.4) is 0 Å². The summed E-state index contributed by atoms with van der Waals surface area (Å²) >= 11 is 0. The van der Waals surface area contributed by atoms with Crippen molar-refractivity contribution < 1.29 is 9.15 Å². The quantitative estimate of drug-likeness (QED) is 0.705. The lowest BCUT2D eigenvalue weighted by Crippen LogP contribution is -2.53. The second kappa shape index (κ2) is 9.80. The highest BCUT2D eigenvalue weighted by Gasteiger charge is 2.26. The summed E-state index contributed by atoms with van der Waals surface area (Å²) in [5.41, 5.74) is 1.19. The highest BCUT2D eigenvalue weighted by atomic mass is 16.5. The van der Waals surface area contributed by atoms with Gasteiger partial charge >= 0.3 is 0 Å². The molecule has 1 aromatic heterocycles. The van der Waals surface area contributed by atoms with Crippen molar-refractivity contribution in [3.8, 4) is 0 Å². The molecule has 1 atom stereocenters. The van der Waals surface area contributed by atoms with Gasteiger partial charge in [-0.3, -0.25) is 14.7 Å². The van der Waals surface area contributed by atoms with Crippen LogP contribution >= 0.6 is 0 Å². The average molecular weight is 400 g/mol. The predicted octanol–water partition coefficient (Wildman–Crippen LogP) is 1.89. The minimum absolute atomic E-state index is 0.328. The summed E-state index contributed by atoms with van der Waals surface area (Å²) in [5.74, 6) is 1.40. The predicted molar refractivity (Wildman–Crippen MR) is 112 cm³/mol. The molecule has 1 unspecified atom stereocenters. The van der Waals surface area contributed by atoms with Crippen LogP contribution in [0.4, 0.5) is 0 Å². The van der Waals surface area contributed by atoms with Gasteiger partial charge in [0.25, 0.3) is 0 Å². The number of nitrogens with zero attached hydrogens (tertiary/aromatic N) is 5. The summed E-state index contributed by atoms with van der Waals surface area (Å²) in [4.78, 5) is 7.45.